The first-order chi connectivity index (χ1) is 12.2. The fourth-order valence-electron chi connectivity index (χ4n) is 2.46. The molecule has 126 valence electrons. The molecule has 1 aromatic carbocycles. The summed E-state index contributed by atoms with van der Waals surface area (Å²) in [5.74, 6) is 0.938. The molecule has 2 aromatic heterocycles. The Morgan fingerprint density at radius 3 is 3.00 bits per heavy atom. The van der Waals surface area contributed by atoms with E-state index in [9.17, 15) is 5.11 Å². The van der Waals surface area contributed by atoms with Crippen molar-refractivity contribution in [2.75, 3.05) is 7.11 Å². The average Bonchev–Trinajstić information content (AvgIpc) is 3.33. The van der Waals surface area contributed by atoms with E-state index in [2.05, 4.69) is 15.0 Å². The Bertz CT molecular complexity index is 1060. The van der Waals surface area contributed by atoms with Gasteiger partial charge in [0.1, 0.15) is 5.75 Å². The standard InChI is InChI=1S/C17H14N4O2S2/c1-21-15(22)14(25-17(21)20-16-18-5-6-24-16)7-10-9-19-13-4-3-11(23-2)8-12(10)13/h3-9,22H,1-2H3/b10-7+,20-17-. The third-order valence-electron chi connectivity index (χ3n) is 3.78. The van der Waals surface area contributed by atoms with Gasteiger partial charge in [-0.15, -0.1) is 11.3 Å². The summed E-state index contributed by atoms with van der Waals surface area (Å²) in [6.07, 6.45) is 5.41. The number of aromatic hydroxyl groups is 1. The molecule has 0 atom stereocenters. The number of aromatic nitrogens is 2. The molecule has 0 amide bonds. The highest BCUT2D eigenvalue weighted by molar-refractivity contribution is 7.13. The lowest BCUT2D eigenvalue weighted by Gasteiger charge is -2.03. The van der Waals surface area contributed by atoms with Crippen LogP contribution < -0.4 is 9.54 Å². The van der Waals surface area contributed by atoms with E-state index in [-0.39, 0.29) is 5.88 Å². The van der Waals surface area contributed by atoms with Crippen LogP contribution in [0, 0.1) is 0 Å². The van der Waals surface area contributed by atoms with Crippen LogP contribution in [0.15, 0.2) is 39.8 Å². The molecule has 4 rings (SSSR count). The molecule has 25 heavy (non-hydrogen) atoms. The Labute approximate surface area is 151 Å². The second kappa shape index (κ2) is 6.30. The van der Waals surface area contributed by atoms with Crippen molar-refractivity contribution >= 4 is 51.4 Å². The number of methoxy groups -OCH3 is 1. The third kappa shape index (κ3) is 2.90. The lowest BCUT2D eigenvalue weighted by molar-refractivity contribution is 0.415. The van der Waals surface area contributed by atoms with Crippen LogP contribution in [-0.2, 0) is 7.05 Å². The maximum atomic E-state index is 10.4. The summed E-state index contributed by atoms with van der Waals surface area (Å²) in [5.41, 5.74) is 2.79. The number of thiazole rings is 2. The lowest BCUT2D eigenvalue weighted by Crippen LogP contribution is -2.08. The quantitative estimate of drug-likeness (QED) is 0.763. The Hall–Kier alpha value is -2.71. The summed E-state index contributed by atoms with van der Waals surface area (Å²) in [7, 11) is 3.42. The zero-order chi connectivity index (χ0) is 17.4. The topological polar surface area (TPSA) is 72.0 Å². The number of benzene rings is 1. The summed E-state index contributed by atoms with van der Waals surface area (Å²) >= 11 is 2.85. The van der Waals surface area contributed by atoms with Gasteiger partial charge in [-0.2, -0.15) is 4.99 Å². The normalized spacial score (nSPS) is 15.1. The maximum absolute atomic E-state index is 10.4. The van der Waals surface area contributed by atoms with E-state index in [0.29, 0.717) is 9.93 Å². The predicted octanol–water partition coefficient (Wildman–Crippen LogP) is 3.75. The number of nitrogens with zero attached hydrogens (tertiary/aromatic N) is 4. The van der Waals surface area contributed by atoms with Gasteiger partial charge in [-0.05, 0) is 24.3 Å². The summed E-state index contributed by atoms with van der Waals surface area (Å²) in [6, 6.07) is 5.75. The van der Waals surface area contributed by atoms with Crippen LogP contribution in [-0.4, -0.2) is 28.0 Å². The molecule has 1 aliphatic rings. The van der Waals surface area contributed by atoms with Crippen LogP contribution in [0.3, 0.4) is 0 Å². The molecule has 0 radical (unpaired) electrons. The second-order valence-corrected chi connectivity index (χ2v) is 7.18. The molecule has 0 bridgehead atoms. The van der Waals surface area contributed by atoms with Crippen molar-refractivity contribution in [1.29, 1.82) is 0 Å². The number of ether oxygens (including phenoxy) is 1. The number of allylic oxidation sites excluding steroid dienone is 1. The molecular formula is C17H14N4O2S2. The highest BCUT2D eigenvalue weighted by Crippen LogP contribution is 2.36. The van der Waals surface area contributed by atoms with Gasteiger partial charge in [0.15, 0.2) is 4.80 Å². The van der Waals surface area contributed by atoms with E-state index in [4.69, 9.17) is 4.74 Å². The predicted molar refractivity (Wildman–Crippen MR) is 101 cm³/mol. The first-order valence-corrected chi connectivity index (χ1v) is 9.12. The highest BCUT2D eigenvalue weighted by atomic mass is 32.1. The molecule has 0 unspecified atom stereocenters. The molecular weight excluding hydrogens is 356 g/mol. The largest absolute Gasteiger partial charge is 0.497 e. The molecule has 3 heterocycles. The van der Waals surface area contributed by atoms with Crippen molar-refractivity contribution in [1.82, 2.24) is 9.55 Å². The van der Waals surface area contributed by atoms with Gasteiger partial charge in [-0.25, -0.2) is 4.98 Å². The van der Waals surface area contributed by atoms with Crippen molar-refractivity contribution in [3.05, 3.63) is 45.0 Å². The number of rotatable bonds is 3. The first-order valence-electron chi connectivity index (χ1n) is 7.43. The fraction of sp³-hybridized carbons (Fsp3) is 0.118. The zero-order valence-corrected chi connectivity index (χ0v) is 15.1. The third-order valence-corrected chi connectivity index (χ3v) is 5.51. The van der Waals surface area contributed by atoms with Crippen molar-refractivity contribution in [2.24, 2.45) is 17.0 Å². The minimum Gasteiger partial charge on any atom is -0.497 e. The molecule has 0 fully saturated rings. The van der Waals surface area contributed by atoms with Crippen LogP contribution in [0.1, 0.15) is 10.4 Å². The van der Waals surface area contributed by atoms with E-state index in [1.165, 1.54) is 22.7 Å². The second-order valence-electron chi connectivity index (χ2n) is 5.30. The van der Waals surface area contributed by atoms with Gasteiger partial charge in [0, 0.05) is 36.0 Å². The number of fused-ring (bicyclic) bond motifs is 1. The molecule has 8 heteroatoms. The van der Waals surface area contributed by atoms with E-state index >= 15 is 0 Å². The van der Waals surface area contributed by atoms with E-state index in [1.807, 2.05) is 29.7 Å². The van der Waals surface area contributed by atoms with E-state index in [1.54, 1.807) is 31.1 Å². The van der Waals surface area contributed by atoms with Gasteiger partial charge in [-0.1, -0.05) is 11.3 Å². The van der Waals surface area contributed by atoms with Gasteiger partial charge in [0.05, 0.1) is 17.7 Å². The molecule has 3 aromatic rings. The van der Waals surface area contributed by atoms with Crippen LogP contribution >= 0.6 is 22.7 Å². The summed E-state index contributed by atoms with van der Waals surface area (Å²) < 4.78 is 6.94. The Balaban J connectivity index is 1.78. The van der Waals surface area contributed by atoms with Crippen LogP contribution in [0.4, 0.5) is 10.8 Å². The smallest absolute Gasteiger partial charge is 0.211 e. The lowest BCUT2D eigenvalue weighted by atomic mass is 10.1. The van der Waals surface area contributed by atoms with Crippen molar-refractivity contribution < 1.29 is 9.84 Å². The van der Waals surface area contributed by atoms with E-state index < -0.39 is 0 Å². The highest BCUT2D eigenvalue weighted by Gasteiger charge is 2.16. The fourth-order valence-corrected chi connectivity index (χ4v) is 3.99. The van der Waals surface area contributed by atoms with Gasteiger partial charge < -0.3 is 9.84 Å². The number of hydrogen-bond donors (Lipinski definition) is 1. The molecule has 0 saturated carbocycles. The molecule has 0 spiro atoms. The van der Waals surface area contributed by atoms with Crippen molar-refractivity contribution in [3.8, 4) is 11.6 Å². The summed E-state index contributed by atoms with van der Waals surface area (Å²) in [5, 5.41) is 13.0. The average molecular weight is 370 g/mol. The zero-order valence-electron chi connectivity index (χ0n) is 13.5. The van der Waals surface area contributed by atoms with Crippen LogP contribution in [0.5, 0.6) is 11.6 Å². The van der Waals surface area contributed by atoms with Crippen LogP contribution in [0.2, 0.25) is 0 Å². The monoisotopic (exact) mass is 370 g/mol. The first kappa shape index (κ1) is 15.8. The van der Waals surface area contributed by atoms with Gasteiger partial charge in [-0.3, -0.25) is 9.56 Å². The SMILES string of the molecule is COc1ccc2c(c1)/C(=C/c1s/c(=N\c3nccs3)n(C)c1O)C=N2. The minimum absolute atomic E-state index is 0.164. The molecule has 1 aliphatic heterocycles. The maximum Gasteiger partial charge on any atom is 0.211 e. The van der Waals surface area contributed by atoms with Crippen LogP contribution in [0.25, 0.3) is 11.6 Å². The molecule has 1 N–H and O–H groups in total. The Morgan fingerprint density at radius 1 is 1.36 bits per heavy atom. The van der Waals surface area contributed by atoms with Gasteiger partial charge in [0.2, 0.25) is 11.0 Å². The summed E-state index contributed by atoms with van der Waals surface area (Å²) in [6.45, 7) is 0. The van der Waals surface area contributed by atoms with E-state index in [0.717, 1.165) is 27.5 Å². The molecule has 0 aliphatic carbocycles. The van der Waals surface area contributed by atoms with Gasteiger partial charge >= 0.3 is 0 Å². The number of hydrogen-bond acceptors (Lipinski definition) is 7. The number of aliphatic imine (C=N–C) groups is 1. The van der Waals surface area contributed by atoms with Crippen molar-refractivity contribution in [3.63, 3.8) is 0 Å². The molecule has 0 saturated heterocycles. The van der Waals surface area contributed by atoms with Gasteiger partial charge in [0.25, 0.3) is 0 Å². The molecule has 6 nitrogen and oxygen atoms in total. The minimum atomic E-state index is 0.164. The Kier molecular flexibility index (Phi) is 3.98. The summed E-state index contributed by atoms with van der Waals surface area (Å²) in [4.78, 5) is 14.4. The van der Waals surface area contributed by atoms with Crippen molar-refractivity contribution in [2.45, 2.75) is 0 Å². The Morgan fingerprint density at radius 2 is 2.24 bits per heavy atom.